The summed E-state index contributed by atoms with van der Waals surface area (Å²) in [7, 11) is 5.90. The van der Waals surface area contributed by atoms with Gasteiger partial charge in [-0.05, 0) is 68.1 Å². The van der Waals surface area contributed by atoms with Crippen LogP contribution in [0.15, 0.2) is 88.3 Å². The summed E-state index contributed by atoms with van der Waals surface area (Å²) >= 11 is 0. The third-order valence-corrected chi connectivity index (χ3v) is 7.39. The number of aromatic nitrogens is 1. The molecule has 2 aromatic carbocycles. The fourth-order valence-corrected chi connectivity index (χ4v) is 4.72. The van der Waals surface area contributed by atoms with Crippen LogP contribution in [-0.4, -0.2) is 78.6 Å². The van der Waals surface area contributed by atoms with Crippen molar-refractivity contribution < 1.29 is 9.90 Å². The number of nitrogens with zero attached hydrogens (tertiary/aromatic N) is 5. The Bertz CT molecular complexity index is 1590. The standard InChI is InChI=1S/C34H44N8O2/c1-23(2)24(3)32-39-33(36-17-10-20-43)40-34(42(32)6)37-22-26-11-7-8-12-28(26)31-29-15-14-27(21-25(29)16-18-35-31)38-30(44)13-9-19-41(4)5/h7-9,11-16,18,21,23,43H,10,17,19-20,22H2,1-6H3,(H,38,44)(H2,36,37,39,40)/b13-9+,32-24+. The van der Waals surface area contributed by atoms with Crippen molar-refractivity contribution in [2.75, 3.05) is 46.2 Å². The third-order valence-electron chi connectivity index (χ3n) is 7.39. The van der Waals surface area contributed by atoms with Crippen LogP contribution in [0.2, 0.25) is 0 Å². The van der Waals surface area contributed by atoms with Gasteiger partial charge < -0.3 is 25.5 Å². The van der Waals surface area contributed by atoms with Gasteiger partial charge in [-0.2, -0.15) is 0 Å². The number of rotatable bonds is 11. The number of guanidine groups is 2. The molecule has 44 heavy (non-hydrogen) atoms. The monoisotopic (exact) mass is 596 g/mol. The highest BCUT2D eigenvalue weighted by Gasteiger charge is 2.24. The zero-order valence-corrected chi connectivity index (χ0v) is 26.6. The quantitative estimate of drug-likeness (QED) is 0.189. The van der Waals surface area contributed by atoms with Crippen LogP contribution in [0, 0.1) is 5.92 Å². The van der Waals surface area contributed by atoms with Crippen LogP contribution < -0.4 is 16.0 Å². The van der Waals surface area contributed by atoms with Crippen molar-refractivity contribution >= 4 is 34.3 Å². The number of aliphatic hydroxyl groups is 1. The first kappa shape index (κ1) is 32.4. The van der Waals surface area contributed by atoms with Crippen molar-refractivity contribution in [3.05, 3.63) is 83.8 Å². The minimum absolute atomic E-state index is 0.0919. The zero-order valence-electron chi connectivity index (χ0n) is 26.6. The topological polar surface area (TPSA) is 117 Å². The molecule has 0 aliphatic carbocycles. The van der Waals surface area contributed by atoms with Crippen molar-refractivity contribution in [2.45, 2.75) is 33.7 Å². The van der Waals surface area contributed by atoms with E-state index in [1.54, 1.807) is 12.3 Å². The number of aliphatic imine (C=N–C) groups is 2. The molecular formula is C34H44N8O2. The molecule has 1 fully saturated rings. The molecule has 0 radical (unpaired) electrons. The van der Waals surface area contributed by atoms with E-state index in [2.05, 4.69) is 53.8 Å². The van der Waals surface area contributed by atoms with Gasteiger partial charge in [-0.3, -0.25) is 20.1 Å². The molecule has 0 spiro atoms. The van der Waals surface area contributed by atoms with Crippen molar-refractivity contribution in [1.29, 1.82) is 0 Å². The summed E-state index contributed by atoms with van der Waals surface area (Å²) in [6, 6.07) is 16.0. The second kappa shape index (κ2) is 15.3. The third kappa shape index (κ3) is 8.30. The molecule has 10 nitrogen and oxygen atoms in total. The van der Waals surface area contributed by atoms with Crippen molar-refractivity contribution in [1.82, 2.24) is 25.4 Å². The number of pyridine rings is 1. The molecule has 1 aromatic heterocycles. The molecule has 3 aromatic rings. The SMILES string of the molecule is C/C(=C1/NC(=NCCCO)NC(=NCc2ccccc2-c2nccc3cc(NC(=O)/C=C/CN(C)C)ccc23)N1C)C(C)C. The van der Waals surface area contributed by atoms with Gasteiger partial charge in [0, 0.05) is 55.7 Å². The first-order chi connectivity index (χ1) is 21.2. The van der Waals surface area contributed by atoms with E-state index in [0.29, 0.717) is 43.9 Å². The number of hydrogen-bond acceptors (Lipinski definition) is 6. The predicted octanol–water partition coefficient (Wildman–Crippen LogP) is 4.56. The van der Waals surface area contributed by atoms with Crippen LogP contribution in [0.1, 0.15) is 32.8 Å². The predicted molar refractivity (Wildman–Crippen MR) is 180 cm³/mol. The fraction of sp³-hybridized carbons (Fsp3) is 0.353. The number of nitrogens with one attached hydrogen (secondary N) is 3. The summed E-state index contributed by atoms with van der Waals surface area (Å²) in [5, 5.41) is 20.9. The number of likely N-dealkylation sites (N-methyl/N-ethyl adjacent to an activating group) is 1. The number of carbonyl (C=O) groups is 1. The van der Waals surface area contributed by atoms with Gasteiger partial charge >= 0.3 is 0 Å². The fourth-order valence-electron chi connectivity index (χ4n) is 4.72. The molecule has 1 saturated heterocycles. The second-order valence-electron chi connectivity index (χ2n) is 11.3. The minimum Gasteiger partial charge on any atom is -0.396 e. The Kier molecular flexibility index (Phi) is 11.2. The van der Waals surface area contributed by atoms with E-state index in [4.69, 9.17) is 9.98 Å². The molecule has 4 rings (SSSR count). The van der Waals surface area contributed by atoms with E-state index in [0.717, 1.165) is 39.1 Å². The average molecular weight is 597 g/mol. The summed E-state index contributed by atoms with van der Waals surface area (Å²) in [5.74, 6) is 2.42. The second-order valence-corrected chi connectivity index (χ2v) is 11.3. The lowest BCUT2D eigenvalue weighted by molar-refractivity contribution is -0.111. The Labute approximate surface area is 260 Å². The molecule has 232 valence electrons. The lowest BCUT2D eigenvalue weighted by Crippen LogP contribution is -2.56. The van der Waals surface area contributed by atoms with Crippen molar-refractivity contribution in [2.24, 2.45) is 15.9 Å². The van der Waals surface area contributed by atoms with Gasteiger partial charge in [0.2, 0.25) is 17.8 Å². The number of carbonyl (C=O) groups excluding carboxylic acids is 1. The highest BCUT2D eigenvalue weighted by Crippen LogP contribution is 2.31. The first-order valence-corrected chi connectivity index (χ1v) is 15.0. The summed E-state index contributed by atoms with van der Waals surface area (Å²) in [6.45, 7) is 8.15. The van der Waals surface area contributed by atoms with E-state index in [-0.39, 0.29) is 12.5 Å². The molecule has 0 bridgehead atoms. The summed E-state index contributed by atoms with van der Waals surface area (Å²) in [4.78, 5) is 30.8. The van der Waals surface area contributed by atoms with E-state index in [9.17, 15) is 9.90 Å². The van der Waals surface area contributed by atoms with E-state index < -0.39 is 0 Å². The van der Waals surface area contributed by atoms with Crippen LogP contribution >= 0.6 is 0 Å². The van der Waals surface area contributed by atoms with Crippen LogP contribution in [-0.2, 0) is 11.3 Å². The summed E-state index contributed by atoms with van der Waals surface area (Å²) in [5.41, 5.74) is 4.80. The number of fused-ring (bicyclic) bond motifs is 1. The maximum atomic E-state index is 12.4. The highest BCUT2D eigenvalue weighted by molar-refractivity contribution is 6.03. The molecule has 0 unspecified atom stereocenters. The molecule has 10 heteroatoms. The van der Waals surface area contributed by atoms with Gasteiger partial charge in [-0.25, -0.2) is 4.99 Å². The number of allylic oxidation sites excluding steroid dienone is 1. The Hall–Kier alpha value is -4.54. The van der Waals surface area contributed by atoms with Crippen molar-refractivity contribution in [3.63, 3.8) is 0 Å². The number of amides is 1. The maximum absolute atomic E-state index is 12.4. The zero-order chi connectivity index (χ0) is 31.6. The van der Waals surface area contributed by atoms with Crippen LogP contribution in [0.4, 0.5) is 5.69 Å². The Balaban J connectivity index is 1.63. The molecular weight excluding hydrogens is 552 g/mol. The summed E-state index contributed by atoms with van der Waals surface area (Å²) in [6.07, 6.45) is 5.78. The molecule has 0 atom stereocenters. The van der Waals surface area contributed by atoms with Crippen LogP contribution in [0.5, 0.6) is 0 Å². The van der Waals surface area contributed by atoms with E-state index >= 15 is 0 Å². The van der Waals surface area contributed by atoms with Crippen LogP contribution in [0.25, 0.3) is 22.0 Å². The number of hydrogen-bond donors (Lipinski definition) is 4. The molecule has 1 aliphatic heterocycles. The highest BCUT2D eigenvalue weighted by atomic mass is 16.3. The average Bonchev–Trinajstić information content (AvgIpc) is 3.00. The molecule has 1 amide bonds. The van der Waals surface area contributed by atoms with Crippen LogP contribution in [0.3, 0.4) is 0 Å². The molecule has 4 N–H and O–H groups in total. The Morgan fingerprint density at radius 1 is 1.14 bits per heavy atom. The van der Waals surface area contributed by atoms with Gasteiger partial charge in [0.05, 0.1) is 12.2 Å². The van der Waals surface area contributed by atoms with Gasteiger partial charge in [0.1, 0.15) is 5.82 Å². The van der Waals surface area contributed by atoms with Crippen molar-refractivity contribution in [3.8, 4) is 11.3 Å². The number of anilines is 1. The van der Waals surface area contributed by atoms with Gasteiger partial charge in [0.15, 0.2) is 0 Å². The lowest BCUT2D eigenvalue weighted by Gasteiger charge is -2.34. The van der Waals surface area contributed by atoms with Gasteiger partial charge in [0.25, 0.3) is 0 Å². The summed E-state index contributed by atoms with van der Waals surface area (Å²) < 4.78 is 0. The molecule has 2 heterocycles. The Morgan fingerprint density at radius 2 is 1.93 bits per heavy atom. The minimum atomic E-state index is -0.162. The molecule has 1 aliphatic rings. The Morgan fingerprint density at radius 3 is 2.68 bits per heavy atom. The normalized spacial score (nSPS) is 16.7. The van der Waals surface area contributed by atoms with Gasteiger partial charge in [-0.1, -0.05) is 50.3 Å². The van der Waals surface area contributed by atoms with E-state index in [1.807, 2.05) is 73.4 Å². The number of aliphatic hydroxyl groups excluding tert-OH is 1. The van der Waals surface area contributed by atoms with Gasteiger partial charge in [-0.15, -0.1) is 0 Å². The largest absolute Gasteiger partial charge is 0.396 e. The smallest absolute Gasteiger partial charge is 0.248 e. The van der Waals surface area contributed by atoms with E-state index in [1.165, 1.54) is 5.57 Å². The number of benzene rings is 2. The lowest BCUT2D eigenvalue weighted by atomic mass is 9.99. The maximum Gasteiger partial charge on any atom is 0.248 e. The first-order valence-electron chi connectivity index (χ1n) is 15.0. The molecule has 0 saturated carbocycles.